The standard InChI is InChI=1S/C18H18N2O/c1-14-3-5-16(6-4-14)12-20(2)13-18(21)17-9-7-15(11-19)8-10-17/h3-10H,12-13H2,1-2H3. The Morgan fingerprint density at radius 3 is 2.29 bits per heavy atom. The zero-order valence-corrected chi connectivity index (χ0v) is 12.3. The summed E-state index contributed by atoms with van der Waals surface area (Å²) in [6.45, 7) is 3.16. The molecule has 0 heterocycles. The van der Waals surface area contributed by atoms with Crippen LogP contribution in [-0.4, -0.2) is 24.3 Å². The van der Waals surface area contributed by atoms with Crippen molar-refractivity contribution < 1.29 is 4.79 Å². The van der Waals surface area contributed by atoms with E-state index in [2.05, 4.69) is 31.2 Å². The van der Waals surface area contributed by atoms with Crippen LogP contribution in [0.15, 0.2) is 48.5 Å². The van der Waals surface area contributed by atoms with Crippen molar-refractivity contribution in [3.05, 3.63) is 70.8 Å². The first-order chi connectivity index (χ1) is 10.1. The van der Waals surface area contributed by atoms with E-state index in [0.717, 1.165) is 6.54 Å². The normalized spacial score (nSPS) is 10.4. The Morgan fingerprint density at radius 2 is 1.71 bits per heavy atom. The summed E-state index contributed by atoms with van der Waals surface area (Å²) in [6.07, 6.45) is 0. The summed E-state index contributed by atoms with van der Waals surface area (Å²) >= 11 is 0. The number of rotatable bonds is 5. The lowest BCUT2D eigenvalue weighted by atomic mass is 10.1. The van der Waals surface area contributed by atoms with E-state index < -0.39 is 0 Å². The molecule has 106 valence electrons. The van der Waals surface area contributed by atoms with Crippen molar-refractivity contribution in [3.8, 4) is 6.07 Å². The fourth-order valence-electron chi connectivity index (χ4n) is 2.13. The molecule has 0 radical (unpaired) electrons. The Balaban J connectivity index is 1.95. The van der Waals surface area contributed by atoms with Gasteiger partial charge in [-0.05, 0) is 31.7 Å². The molecule has 0 aliphatic heterocycles. The molecule has 0 aromatic heterocycles. The molecule has 0 atom stereocenters. The van der Waals surface area contributed by atoms with E-state index in [9.17, 15) is 4.79 Å². The van der Waals surface area contributed by atoms with E-state index in [1.165, 1.54) is 11.1 Å². The third-order valence-electron chi connectivity index (χ3n) is 3.32. The van der Waals surface area contributed by atoms with Gasteiger partial charge in [0.2, 0.25) is 0 Å². The average Bonchev–Trinajstić information content (AvgIpc) is 2.49. The quantitative estimate of drug-likeness (QED) is 0.789. The minimum atomic E-state index is 0.0640. The van der Waals surface area contributed by atoms with Gasteiger partial charge in [0.25, 0.3) is 0 Å². The minimum Gasteiger partial charge on any atom is -0.295 e. The number of benzene rings is 2. The van der Waals surface area contributed by atoms with Crippen molar-refractivity contribution in [1.82, 2.24) is 4.90 Å². The number of Topliss-reactive ketones (excluding diaryl/α,β-unsaturated/α-hetero) is 1. The van der Waals surface area contributed by atoms with Gasteiger partial charge in [0.05, 0.1) is 18.2 Å². The summed E-state index contributed by atoms with van der Waals surface area (Å²) in [5.41, 5.74) is 3.63. The van der Waals surface area contributed by atoms with Gasteiger partial charge >= 0.3 is 0 Å². The summed E-state index contributed by atoms with van der Waals surface area (Å²) in [5.74, 6) is 0.0640. The molecule has 0 fully saturated rings. The van der Waals surface area contributed by atoms with Crippen LogP contribution in [-0.2, 0) is 6.54 Å². The maximum atomic E-state index is 12.2. The molecule has 0 unspecified atom stereocenters. The Kier molecular flexibility index (Phi) is 4.86. The van der Waals surface area contributed by atoms with E-state index in [4.69, 9.17) is 5.26 Å². The lowest BCUT2D eigenvalue weighted by Crippen LogP contribution is -2.25. The summed E-state index contributed by atoms with van der Waals surface area (Å²) in [7, 11) is 1.93. The molecule has 0 saturated carbocycles. The van der Waals surface area contributed by atoms with Crippen molar-refractivity contribution in [3.63, 3.8) is 0 Å². The molecule has 0 amide bonds. The van der Waals surface area contributed by atoms with Gasteiger partial charge in [0, 0.05) is 12.1 Å². The monoisotopic (exact) mass is 278 g/mol. The number of ketones is 1. The van der Waals surface area contributed by atoms with Crippen molar-refractivity contribution >= 4 is 5.78 Å². The maximum Gasteiger partial charge on any atom is 0.176 e. The highest BCUT2D eigenvalue weighted by Gasteiger charge is 2.09. The van der Waals surface area contributed by atoms with E-state index in [1.54, 1.807) is 24.3 Å². The Morgan fingerprint density at radius 1 is 1.10 bits per heavy atom. The zero-order chi connectivity index (χ0) is 15.2. The first-order valence-electron chi connectivity index (χ1n) is 6.86. The van der Waals surface area contributed by atoms with Crippen LogP contribution in [0.25, 0.3) is 0 Å². The fourth-order valence-corrected chi connectivity index (χ4v) is 2.13. The molecule has 0 bridgehead atoms. The van der Waals surface area contributed by atoms with E-state index in [-0.39, 0.29) is 5.78 Å². The van der Waals surface area contributed by atoms with Crippen molar-refractivity contribution in [2.24, 2.45) is 0 Å². The molecular weight excluding hydrogens is 260 g/mol. The molecule has 3 nitrogen and oxygen atoms in total. The van der Waals surface area contributed by atoms with Gasteiger partial charge < -0.3 is 0 Å². The first-order valence-corrected chi connectivity index (χ1v) is 6.86. The summed E-state index contributed by atoms with van der Waals surface area (Å²) in [6, 6.07) is 17.1. The highest BCUT2D eigenvalue weighted by atomic mass is 16.1. The largest absolute Gasteiger partial charge is 0.295 e. The van der Waals surface area contributed by atoms with Gasteiger partial charge in [-0.15, -0.1) is 0 Å². The van der Waals surface area contributed by atoms with Gasteiger partial charge in [-0.2, -0.15) is 5.26 Å². The SMILES string of the molecule is Cc1ccc(CN(C)CC(=O)c2ccc(C#N)cc2)cc1. The van der Waals surface area contributed by atoms with Gasteiger partial charge in [0.1, 0.15) is 0 Å². The van der Waals surface area contributed by atoms with Crippen LogP contribution >= 0.6 is 0 Å². The topological polar surface area (TPSA) is 44.1 Å². The molecule has 0 spiro atoms. The van der Waals surface area contributed by atoms with Gasteiger partial charge in [0.15, 0.2) is 5.78 Å². The van der Waals surface area contributed by atoms with Crippen LogP contribution in [0, 0.1) is 18.3 Å². The lowest BCUT2D eigenvalue weighted by Gasteiger charge is -2.16. The number of nitrogens with zero attached hydrogens (tertiary/aromatic N) is 2. The second kappa shape index (κ2) is 6.83. The molecule has 0 aliphatic carbocycles. The molecule has 2 rings (SSSR count). The summed E-state index contributed by atoms with van der Waals surface area (Å²) < 4.78 is 0. The van der Waals surface area contributed by atoms with Crippen molar-refractivity contribution in [2.75, 3.05) is 13.6 Å². The third-order valence-corrected chi connectivity index (χ3v) is 3.32. The van der Waals surface area contributed by atoms with Gasteiger partial charge in [-0.3, -0.25) is 9.69 Å². The van der Waals surface area contributed by atoms with Crippen LogP contribution in [0.5, 0.6) is 0 Å². The number of hydrogen-bond acceptors (Lipinski definition) is 3. The molecule has 2 aromatic rings. The molecular formula is C18H18N2O. The van der Waals surface area contributed by atoms with Crippen LogP contribution in [0.1, 0.15) is 27.0 Å². The van der Waals surface area contributed by atoms with Crippen LogP contribution in [0.2, 0.25) is 0 Å². The summed E-state index contributed by atoms with van der Waals surface area (Å²) in [4.78, 5) is 14.2. The zero-order valence-electron chi connectivity index (χ0n) is 12.3. The first kappa shape index (κ1) is 15.0. The van der Waals surface area contributed by atoms with Gasteiger partial charge in [-0.25, -0.2) is 0 Å². The Labute approximate surface area is 125 Å². The Hall–Kier alpha value is -2.44. The predicted octanol–water partition coefficient (Wildman–Crippen LogP) is 3.18. The molecule has 0 aliphatic rings. The number of carbonyl (C=O) groups is 1. The molecule has 21 heavy (non-hydrogen) atoms. The highest BCUT2D eigenvalue weighted by Crippen LogP contribution is 2.08. The minimum absolute atomic E-state index is 0.0640. The van der Waals surface area contributed by atoms with E-state index in [1.807, 2.05) is 18.0 Å². The number of likely N-dealkylation sites (N-methyl/N-ethyl adjacent to an activating group) is 1. The van der Waals surface area contributed by atoms with Crippen LogP contribution in [0.4, 0.5) is 0 Å². The smallest absolute Gasteiger partial charge is 0.176 e. The number of carbonyl (C=O) groups excluding carboxylic acids is 1. The second-order valence-corrected chi connectivity index (χ2v) is 5.27. The summed E-state index contributed by atoms with van der Waals surface area (Å²) in [5, 5.41) is 8.75. The molecule has 2 aromatic carbocycles. The van der Waals surface area contributed by atoms with Crippen LogP contribution < -0.4 is 0 Å². The molecule has 0 saturated heterocycles. The van der Waals surface area contributed by atoms with Crippen molar-refractivity contribution in [2.45, 2.75) is 13.5 Å². The highest BCUT2D eigenvalue weighted by molar-refractivity contribution is 5.97. The third kappa shape index (κ3) is 4.27. The number of hydrogen-bond donors (Lipinski definition) is 0. The Bertz CT molecular complexity index is 651. The molecule has 3 heteroatoms. The van der Waals surface area contributed by atoms with Crippen molar-refractivity contribution in [1.29, 1.82) is 5.26 Å². The van der Waals surface area contributed by atoms with Crippen LogP contribution in [0.3, 0.4) is 0 Å². The average molecular weight is 278 g/mol. The number of nitriles is 1. The predicted molar refractivity (Wildman–Crippen MR) is 83.0 cm³/mol. The second-order valence-electron chi connectivity index (χ2n) is 5.27. The molecule has 0 N–H and O–H groups in total. The van der Waals surface area contributed by atoms with Gasteiger partial charge in [-0.1, -0.05) is 42.0 Å². The van der Waals surface area contributed by atoms with E-state index in [0.29, 0.717) is 17.7 Å². The maximum absolute atomic E-state index is 12.2. The fraction of sp³-hybridized carbons (Fsp3) is 0.222. The van der Waals surface area contributed by atoms with E-state index >= 15 is 0 Å². The lowest BCUT2D eigenvalue weighted by molar-refractivity contribution is 0.0943. The number of aryl methyl sites for hydroxylation is 1.